The van der Waals surface area contributed by atoms with E-state index in [1.807, 2.05) is 11.9 Å². The van der Waals surface area contributed by atoms with E-state index in [9.17, 15) is 9.18 Å². The topological polar surface area (TPSA) is 32.3 Å². The molecule has 0 spiro atoms. The molecule has 1 rings (SSSR count). The van der Waals surface area contributed by atoms with Gasteiger partial charge >= 0.3 is 0 Å². The van der Waals surface area contributed by atoms with Gasteiger partial charge in [0, 0.05) is 20.4 Å². The van der Waals surface area contributed by atoms with Crippen molar-refractivity contribution in [2.75, 3.05) is 26.7 Å². The molecule has 0 saturated carbocycles. The largest absolute Gasteiger partial charge is 0.353 e. The lowest BCUT2D eigenvalue weighted by molar-refractivity contribution is -0.124. The minimum Gasteiger partial charge on any atom is -0.353 e. The standard InChI is InChI=1S/C10H19FN2O.H2/c1-8(2)9(14)12-6-10(11)4-5-13(3)7-10;/h8H,4-7H2,1-3H3,(H,12,14);1H/t10-;/m1./s1. The Balaban J connectivity index is 0.00000196. The molecule has 84 valence electrons. The number of rotatable bonds is 3. The van der Waals surface area contributed by atoms with Crippen LogP contribution in [0.2, 0.25) is 0 Å². The highest BCUT2D eigenvalue weighted by Crippen LogP contribution is 2.23. The molecule has 1 atom stereocenters. The Morgan fingerprint density at radius 3 is 2.79 bits per heavy atom. The lowest BCUT2D eigenvalue weighted by Crippen LogP contribution is -2.42. The van der Waals surface area contributed by atoms with E-state index in [1.165, 1.54) is 0 Å². The van der Waals surface area contributed by atoms with E-state index in [0.29, 0.717) is 13.0 Å². The molecule has 0 bridgehead atoms. The monoisotopic (exact) mass is 204 g/mol. The van der Waals surface area contributed by atoms with Crippen LogP contribution in [0.25, 0.3) is 0 Å². The summed E-state index contributed by atoms with van der Waals surface area (Å²) in [6.07, 6.45) is 0.516. The van der Waals surface area contributed by atoms with Crippen LogP contribution in [-0.2, 0) is 4.79 Å². The van der Waals surface area contributed by atoms with Crippen LogP contribution in [0, 0.1) is 5.92 Å². The highest BCUT2D eigenvalue weighted by molar-refractivity contribution is 5.77. The first-order valence-corrected chi connectivity index (χ1v) is 5.08. The van der Waals surface area contributed by atoms with E-state index >= 15 is 0 Å². The van der Waals surface area contributed by atoms with Crippen molar-refractivity contribution in [3.8, 4) is 0 Å². The van der Waals surface area contributed by atoms with Gasteiger partial charge in [0.05, 0.1) is 6.54 Å². The molecule has 1 saturated heterocycles. The fraction of sp³-hybridized carbons (Fsp3) is 0.900. The fourth-order valence-corrected chi connectivity index (χ4v) is 1.63. The Hall–Kier alpha value is -0.640. The molecule has 0 aromatic rings. The summed E-state index contributed by atoms with van der Waals surface area (Å²) >= 11 is 0. The Bertz CT molecular complexity index is 225. The number of carbonyl (C=O) groups excluding carboxylic acids is 1. The van der Waals surface area contributed by atoms with Crippen LogP contribution >= 0.6 is 0 Å². The summed E-state index contributed by atoms with van der Waals surface area (Å²) in [4.78, 5) is 13.2. The molecule has 4 heteroatoms. The van der Waals surface area contributed by atoms with Crippen molar-refractivity contribution in [1.29, 1.82) is 0 Å². The van der Waals surface area contributed by atoms with Crippen molar-refractivity contribution < 1.29 is 10.6 Å². The Kier molecular flexibility index (Phi) is 3.48. The number of hydrogen-bond acceptors (Lipinski definition) is 2. The van der Waals surface area contributed by atoms with Gasteiger partial charge in [-0.1, -0.05) is 13.8 Å². The molecule has 1 aliphatic rings. The van der Waals surface area contributed by atoms with Gasteiger partial charge in [0.15, 0.2) is 0 Å². The molecular formula is C10H21FN2O. The van der Waals surface area contributed by atoms with Crippen molar-refractivity contribution in [3.63, 3.8) is 0 Å². The first-order valence-electron chi connectivity index (χ1n) is 5.08. The van der Waals surface area contributed by atoms with Gasteiger partial charge in [-0.15, -0.1) is 0 Å². The van der Waals surface area contributed by atoms with Gasteiger partial charge in [0.1, 0.15) is 5.67 Å². The second-order valence-electron chi connectivity index (χ2n) is 4.51. The minimum absolute atomic E-state index is 0. The van der Waals surface area contributed by atoms with Crippen molar-refractivity contribution in [1.82, 2.24) is 10.2 Å². The normalized spacial score (nSPS) is 28.4. The molecular weight excluding hydrogens is 183 g/mol. The Morgan fingerprint density at radius 2 is 2.36 bits per heavy atom. The van der Waals surface area contributed by atoms with Crippen LogP contribution in [0.5, 0.6) is 0 Å². The second kappa shape index (κ2) is 4.26. The Morgan fingerprint density at radius 1 is 1.71 bits per heavy atom. The Labute approximate surface area is 86.1 Å². The predicted octanol–water partition coefficient (Wildman–Crippen LogP) is 1.05. The molecule has 1 fully saturated rings. The van der Waals surface area contributed by atoms with Gasteiger partial charge in [0.25, 0.3) is 0 Å². The molecule has 14 heavy (non-hydrogen) atoms. The molecule has 1 aliphatic heterocycles. The summed E-state index contributed by atoms with van der Waals surface area (Å²) in [5.41, 5.74) is -1.22. The molecule has 1 heterocycles. The number of likely N-dealkylation sites (tertiary alicyclic amines) is 1. The molecule has 0 aromatic carbocycles. The summed E-state index contributed by atoms with van der Waals surface area (Å²) in [7, 11) is 1.89. The van der Waals surface area contributed by atoms with E-state index in [4.69, 9.17) is 0 Å². The summed E-state index contributed by atoms with van der Waals surface area (Å²) in [5.74, 6) is -0.144. The van der Waals surface area contributed by atoms with Crippen LogP contribution in [0.3, 0.4) is 0 Å². The molecule has 1 N–H and O–H groups in total. The summed E-state index contributed by atoms with van der Waals surface area (Å²) in [5, 5.41) is 2.64. The zero-order chi connectivity index (χ0) is 10.8. The van der Waals surface area contributed by atoms with Gasteiger partial charge < -0.3 is 10.2 Å². The molecule has 0 radical (unpaired) electrons. The number of alkyl halides is 1. The molecule has 0 aromatic heterocycles. The SMILES string of the molecule is CC(C)C(=O)NC[C@]1(F)CCN(C)C1.[HH]. The van der Waals surface area contributed by atoms with E-state index in [1.54, 1.807) is 13.8 Å². The third-order valence-electron chi connectivity index (χ3n) is 2.60. The minimum atomic E-state index is -1.22. The van der Waals surface area contributed by atoms with E-state index in [2.05, 4.69) is 5.32 Å². The zero-order valence-corrected chi connectivity index (χ0v) is 9.14. The van der Waals surface area contributed by atoms with Gasteiger partial charge in [-0.25, -0.2) is 4.39 Å². The fourth-order valence-electron chi connectivity index (χ4n) is 1.63. The predicted molar refractivity (Wildman–Crippen MR) is 55.9 cm³/mol. The average Bonchev–Trinajstić information content (AvgIpc) is 2.43. The molecule has 0 aliphatic carbocycles. The van der Waals surface area contributed by atoms with Crippen molar-refractivity contribution in [3.05, 3.63) is 0 Å². The number of halogens is 1. The highest BCUT2D eigenvalue weighted by atomic mass is 19.1. The summed E-state index contributed by atoms with van der Waals surface area (Å²) in [6.45, 7) is 4.95. The third kappa shape index (κ3) is 2.94. The summed E-state index contributed by atoms with van der Waals surface area (Å²) < 4.78 is 13.9. The molecule has 1 amide bonds. The number of nitrogens with zero attached hydrogens (tertiary/aromatic N) is 1. The lowest BCUT2D eigenvalue weighted by atomic mass is 10.1. The van der Waals surface area contributed by atoms with E-state index in [-0.39, 0.29) is 19.8 Å². The van der Waals surface area contributed by atoms with Crippen LogP contribution in [0.1, 0.15) is 21.7 Å². The van der Waals surface area contributed by atoms with Crippen molar-refractivity contribution in [2.45, 2.75) is 25.9 Å². The van der Waals surface area contributed by atoms with Crippen molar-refractivity contribution >= 4 is 5.91 Å². The number of carbonyl (C=O) groups is 1. The van der Waals surface area contributed by atoms with Gasteiger partial charge in [-0.3, -0.25) is 4.79 Å². The maximum Gasteiger partial charge on any atom is 0.222 e. The number of nitrogens with one attached hydrogen (secondary N) is 1. The van der Waals surface area contributed by atoms with Crippen LogP contribution in [-0.4, -0.2) is 43.2 Å². The highest BCUT2D eigenvalue weighted by Gasteiger charge is 2.36. The van der Waals surface area contributed by atoms with Crippen LogP contribution in [0.15, 0.2) is 0 Å². The van der Waals surface area contributed by atoms with Gasteiger partial charge in [0.2, 0.25) is 5.91 Å². The summed E-state index contributed by atoms with van der Waals surface area (Å²) in [6, 6.07) is 0. The maximum atomic E-state index is 13.9. The molecule has 3 nitrogen and oxygen atoms in total. The van der Waals surface area contributed by atoms with Crippen LogP contribution < -0.4 is 5.32 Å². The zero-order valence-electron chi connectivity index (χ0n) is 9.14. The van der Waals surface area contributed by atoms with Gasteiger partial charge in [-0.2, -0.15) is 0 Å². The van der Waals surface area contributed by atoms with E-state index in [0.717, 1.165) is 6.54 Å². The van der Waals surface area contributed by atoms with Crippen molar-refractivity contribution in [2.24, 2.45) is 5.92 Å². The van der Waals surface area contributed by atoms with Gasteiger partial charge in [-0.05, 0) is 13.5 Å². The lowest BCUT2D eigenvalue weighted by Gasteiger charge is -2.20. The third-order valence-corrected chi connectivity index (χ3v) is 2.60. The smallest absolute Gasteiger partial charge is 0.222 e. The number of hydrogen-bond donors (Lipinski definition) is 1. The first-order chi connectivity index (χ1) is 6.43. The quantitative estimate of drug-likeness (QED) is 0.745. The van der Waals surface area contributed by atoms with E-state index < -0.39 is 5.67 Å². The second-order valence-corrected chi connectivity index (χ2v) is 4.51. The number of amides is 1. The first kappa shape index (κ1) is 11.4. The maximum absolute atomic E-state index is 13.9. The average molecular weight is 204 g/mol. The molecule has 0 unspecified atom stereocenters. The van der Waals surface area contributed by atoms with Crippen LogP contribution in [0.4, 0.5) is 4.39 Å².